The average molecular weight is 422 g/mol. The molecule has 0 aliphatic carbocycles. The standard InChI is InChI=1S/C23H19FN2O5/c1-23(14-30-21(27)20-3-2-12-29-20)11-10-15-13-18(8-9-19(15)31-23)26-22(28)25-17-6-4-16(24)5-7-17/h2-13H,14H2,1H3,(H2,25,26,28). The number of hydrogen-bond acceptors (Lipinski definition) is 5. The highest BCUT2D eigenvalue weighted by molar-refractivity contribution is 6.00. The molecular formula is C23H19FN2O5. The zero-order valence-electron chi connectivity index (χ0n) is 16.6. The van der Waals surface area contributed by atoms with E-state index in [0.717, 1.165) is 5.56 Å². The van der Waals surface area contributed by atoms with Gasteiger partial charge in [-0.3, -0.25) is 0 Å². The van der Waals surface area contributed by atoms with Gasteiger partial charge in [-0.15, -0.1) is 0 Å². The first-order valence-electron chi connectivity index (χ1n) is 9.47. The summed E-state index contributed by atoms with van der Waals surface area (Å²) in [5.41, 5.74) is 0.943. The normalized spacial score (nSPS) is 16.7. The van der Waals surface area contributed by atoms with Crippen LogP contribution in [0.4, 0.5) is 20.6 Å². The van der Waals surface area contributed by atoms with Crippen LogP contribution >= 0.6 is 0 Å². The maximum absolute atomic E-state index is 13.0. The molecule has 158 valence electrons. The van der Waals surface area contributed by atoms with Crippen LogP contribution in [0.3, 0.4) is 0 Å². The summed E-state index contributed by atoms with van der Waals surface area (Å²) in [6.07, 6.45) is 5.02. The number of nitrogens with one attached hydrogen (secondary N) is 2. The van der Waals surface area contributed by atoms with E-state index in [1.807, 2.05) is 6.08 Å². The number of halogens is 1. The molecule has 1 unspecified atom stereocenters. The summed E-state index contributed by atoms with van der Waals surface area (Å²) in [6, 6.07) is 13.3. The minimum absolute atomic E-state index is 0.00253. The van der Waals surface area contributed by atoms with Crippen molar-refractivity contribution in [1.82, 2.24) is 0 Å². The van der Waals surface area contributed by atoms with Crippen LogP contribution in [0.15, 0.2) is 71.4 Å². The van der Waals surface area contributed by atoms with Gasteiger partial charge < -0.3 is 24.5 Å². The van der Waals surface area contributed by atoms with Crippen molar-refractivity contribution in [3.05, 3.63) is 84.1 Å². The smallest absolute Gasteiger partial charge is 0.374 e. The molecule has 4 rings (SSSR count). The van der Waals surface area contributed by atoms with Gasteiger partial charge in [0.1, 0.15) is 18.2 Å². The molecule has 0 saturated heterocycles. The van der Waals surface area contributed by atoms with Crippen molar-refractivity contribution in [3.8, 4) is 5.75 Å². The number of anilines is 2. The van der Waals surface area contributed by atoms with Gasteiger partial charge in [0.25, 0.3) is 0 Å². The summed E-state index contributed by atoms with van der Waals surface area (Å²) in [6.45, 7) is 1.80. The second-order valence-electron chi connectivity index (χ2n) is 7.14. The number of esters is 1. The molecule has 2 amide bonds. The lowest BCUT2D eigenvalue weighted by atomic mass is 10.0. The van der Waals surface area contributed by atoms with E-state index in [9.17, 15) is 14.0 Å². The number of rotatable bonds is 5. The number of carbonyl (C=O) groups excluding carboxylic acids is 2. The number of fused-ring (bicyclic) bond motifs is 1. The lowest BCUT2D eigenvalue weighted by molar-refractivity contribution is 0.0113. The number of amides is 2. The number of carbonyl (C=O) groups is 2. The Morgan fingerprint density at radius 3 is 2.55 bits per heavy atom. The minimum atomic E-state index is -0.843. The van der Waals surface area contributed by atoms with Gasteiger partial charge in [0.2, 0.25) is 5.76 Å². The molecule has 1 aliphatic rings. The van der Waals surface area contributed by atoms with Gasteiger partial charge in [0, 0.05) is 16.9 Å². The number of hydrogen-bond donors (Lipinski definition) is 2. The molecule has 0 fully saturated rings. The van der Waals surface area contributed by atoms with Crippen LogP contribution in [0.25, 0.3) is 6.08 Å². The van der Waals surface area contributed by atoms with E-state index in [4.69, 9.17) is 13.9 Å². The van der Waals surface area contributed by atoms with E-state index in [-0.39, 0.29) is 18.2 Å². The van der Waals surface area contributed by atoms with Crippen LogP contribution in [0.1, 0.15) is 23.0 Å². The molecule has 1 aromatic heterocycles. The van der Waals surface area contributed by atoms with Crippen molar-refractivity contribution < 1.29 is 27.9 Å². The monoisotopic (exact) mass is 422 g/mol. The Bertz CT molecular complexity index is 1130. The molecule has 2 heterocycles. The molecule has 0 radical (unpaired) electrons. The molecule has 31 heavy (non-hydrogen) atoms. The molecule has 0 spiro atoms. The Hall–Kier alpha value is -4.07. The molecule has 1 atom stereocenters. The fourth-order valence-electron chi connectivity index (χ4n) is 2.98. The highest BCUT2D eigenvalue weighted by atomic mass is 19.1. The van der Waals surface area contributed by atoms with Crippen LogP contribution in [0, 0.1) is 5.82 Å². The highest BCUT2D eigenvalue weighted by Crippen LogP contribution is 2.33. The van der Waals surface area contributed by atoms with Gasteiger partial charge in [0.05, 0.1) is 6.26 Å². The Kier molecular flexibility index (Phi) is 5.44. The fourth-order valence-corrected chi connectivity index (χ4v) is 2.98. The van der Waals surface area contributed by atoms with Gasteiger partial charge in [-0.05, 0) is 67.6 Å². The molecule has 2 aromatic carbocycles. The van der Waals surface area contributed by atoms with Crippen molar-refractivity contribution >= 4 is 29.5 Å². The van der Waals surface area contributed by atoms with Crippen molar-refractivity contribution in [1.29, 1.82) is 0 Å². The molecule has 7 nitrogen and oxygen atoms in total. The maximum atomic E-state index is 13.0. The van der Waals surface area contributed by atoms with Gasteiger partial charge in [-0.1, -0.05) is 6.08 Å². The maximum Gasteiger partial charge on any atom is 0.374 e. The first-order valence-corrected chi connectivity index (χ1v) is 9.47. The van der Waals surface area contributed by atoms with E-state index >= 15 is 0 Å². The Balaban J connectivity index is 1.37. The number of benzene rings is 2. The molecule has 2 N–H and O–H groups in total. The summed E-state index contributed by atoms with van der Waals surface area (Å²) in [4.78, 5) is 24.1. The lowest BCUT2D eigenvalue weighted by Gasteiger charge is -2.31. The number of ether oxygens (including phenoxy) is 2. The highest BCUT2D eigenvalue weighted by Gasteiger charge is 2.30. The molecule has 0 bridgehead atoms. The van der Waals surface area contributed by atoms with Gasteiger partial charge in [-0.2, -0.15) is 0 Å². The van der Waals surface area contributed by atoms with Gasteiger partial charge in [-0.25, -0.2) is 14.0 Å². The molecule has 1 aliphatic heterocycles. The van der Waals surface area contributed by atoms with Crippen LogP contribution < -0.4 is 15.4 Å². The summed E-state index contributed by atoms with van der Waals surface area (Å²) in [5.74, 6) is -0.238. The second kappa shape index (κ2) is 8.35. The molecule has 3 aromatic rings. The summed E-state index contributed by atoms with van der Waals surface area (Å²) in [7, 11) is 0. The van der Waals surface area contributed by atoms with Crippen molar-refractivity contribution in [3.63, 3.8) is 0 Å². The summed E-state index contributed by atoms with van der Waals surface area (Å²) >= 11 is 0. The Morgan fingerprint density at radius 2 is 1.81 bits per heavy atom. The minimum Gasteiger partial charge on any atom is -0.479 e. The number of furan rings is 1. The van der Waals surface area contributed by atoms with Gasteiger partial charge >= 0.3 is 12.0 Å². The zero-order valence-corrected chi connectivity index (χ0v) is 16.6. The van der Waals surface area contributed by atoms with Crippen molar-refractivity contribution in [2.24, 2.45) is 0 Å². The third-order valence-electron chi connectivity index (χ3n) is 4.54. The topological polar surface area (TPSA) is 89.8 Å². The van der Waals surface area contributed by atoms with E-state index in [1.54, 1.807) is 37.3 Å². The van der Waals surface area contributed by atoms with E-state index < -0.39 is 17.6 Å². The molecule has 8 heteroatoms. The first kappa shape index (κ1) is 20.2. The quantitative estimate of drug-likeness (QED) is 0.560. The third kappa shape index (κ3) is 4.92. The lowest BCUT2D eigenvalue weighted by Crippen LogP contribution is -2.38. The molecular weight excluding hydrogens is 403 g/mol. The molecule has 0 saturated carbocycles. The Morgan fingerprint density at radius 1 is 1.06 bits per heavy atom. The predicted octanol–water partition coefficient (Wildman–Crippen LogP) is 5.08. The zero-order chi connectivity index (χ0) is 21.8. The van der Waals surface area contributed by atoms with Gasteiger partial charge in [0.15, 0.2) is 5.60 Å². The Labute approximate surface area is 177 Å². The largest absolute Gasteiger partial charge is 0.479 e. The van der Waals surface area contributed by atoms with Crippen LogP contribution in [-0.2, 0) is 4.74 Å². The third-order valence-corrected chi connectivity index (χ3v) is 4.54. The SMILES string of the molecule is CC1(COC(=O)c2ccco2)C=Cc2cc(NC(=O)Nc3ccc(F)cc3)ccc2O1. The summed E-state index contributed by atoms with van der Waals surface area (Å²) in [5, 5.41) is 5.35. The average Bonchev–Trinajstić information content (AvgIpc) is 3.29. The van der Waals surface area contributed by atoms with E-state index in [1.165, 1.54) is 36.6 Å². The fraction of sp³-hybridized carbons (Fsp3) is 0.130. The van der Waals surface area contributed by atoms with Crippen LogP contribution in [0.5, 0.6) is 5.75 Å². The predicted molar refractivity (Wildman–Crippen MR) is 113 cm³/mol. The summed E-state index contributed by atoms with van der Waals surface area (Å²) < 4.78 is 29.3. The number of urea groups is 1. The second-order valence-corrected chi connectivity index (χ2v) is 7.14. The first-order chi connectivity index (χ1) is 14.9. The van der Waals surface area contributed by atoms with Crippen molar-refractivity contribution in [2.45, 2.75) is 12.5 Å². The van der Waals surface area contributed by atoms with Crippen LogP contribution in [-0.4, -0.2) is 24.2 Å². The van der Waals surface area contributed by atoms with Crippen LogP contribution in [0.2, 0.25) is 0 Å². The van der Waals surface area contributed by atoms with E-state index in [2.05, 4.69) is 10.6 Å². The van der Waals surface area contributed by atoms with E-state index in [0.29, 0.717) is 17.1 Å². The van der Waals surface area contributed by atoms with Crippen molar-refractivity contribution in [2.75, 3.05) is 17.2 Å².